The summed E-state index contributed by atoms with van der Waals surface area (Å²) in [7, 11) is 1.48. The van der Waals surface area contributed by atoms with E-state index >= 15 is 0 Å². The van der Waals surface area contributed by atoms with E-state index < -0.39 is 11.7 Å². The number of thiophene rings is 1. The molecule has 0 radical (unpaired) electrons. The number of hydrogen-bond acceptors (Lipinski definition) is 6. The van der Waals surface area contributed by atoms with Crippen LogP contribution in [-0.2, 0) is 9.53 Å². The normalized spacial score (nSPS) is 10.8. The first-order chi connectivity index (χ1) is 14.2. The first-order valence-electron chi connectivity index (χ1n) is 9.47. The summed E-state index contributed by atoms with van der Waals surface area (Å²) in [6.07, 6.45) is 0.124. The van der Waals surface area contributed by atoms with Crippen LogP contribution in [0.15, 0.2) is 35.7 Å². The van der Waals surface area contributed by atoms with Gasteiger partial charge in [0.05, 0.1) is 17.7 Å². The van der Waals surface area contributed by atoms with E-state index in [0.717, 1.165) is 0 Å². The Balaban J connectivity index is 1.85. The minimum atomic E-state index is -0.637. The molecule has 30 heavy (non-hydrogen) atoms. The third kappa shape index (κ3) is 7.75. The summed E-state index contributed by atoms with van der Waals surface area (Å²) in [6, 6.07) is 8.48. The highest BCUT2D eigenvalue weighted by atomic mass is 32.1. The summed E-state index contributed by atoms with van der Waals surface area (Å²) < 4.78 is 10.5. The lowest BCUT2D eigenvalue weighted by Gasteiger charge is -2.20. The summed E-state index contributed by atoms with van der Waals surface area (Å²) in [5.41, 5.74) is 0.254. The predicted octanol–water partition coefficient (Wildman–Crippen LogP) is 4.25. The van der Waals surface area contributed by atoms with E-state index in [1.54, 1.807) is 45.0 Å². The summed E-state index contributed by atoms with van der Waals surface area (Å²) in [5, 5.41) is 10.0. The monoisotopic (exact) mass is 433 g/mol. The van der Waals surface area contributed by atoms with Gasteiger partial charge in [0.15, 0.2) is 0 Å². The van der Waals surface area contributed by atoms with Gasteiger partial charge in [-0.15, -0.1) is 11.3 Å². The van der Waals surface area contributed by atoms with E-state index in [4.69, 9.17) is 9.47 Å². The van der Waals surface area contributed by atoms with Gasteiger partial charge < -0.3 is 20.1 Å². The van der Waals surface area contributed by atoms with Gasteiger partial charge in [0.1, 0.15) is 11.4 Å². The van der Waals surface area contributed by atoms with Gasteiger partial charge in [-0.25, -0.2) is 4.79 Å². The lowest BCUT2D eigenvalue weighted by Crippen LogP contribution is -2.27. The minimum Gasteiger partial charge on any atom is -0.495 e. The Morgan fingerprint density at radius 1 is 1.10 bits per heavy atom. The number of benzene rings is 1. The summed E-state index contributed by atoms with van der Waals surface area (Å²) >= 11 is 1.37. The maximum absolute atomic E-state index is 12.2. The van der Waals surface area contributed by atoms with Crippen molar-refractivity contribution >= 4 is 40.6 Å². The predicted molar refractivity (Wildman–Crippen MR) is 117 cm³/mol. The number of hydrogen-bond donors (Lipinski definition) is 3. The van der Waals surface area contributed by atoms with Crippen LogP contribution in [0.2, 0.25) is 0 Å². The summed E-state index contributed by atoms with van der Waals surface area (Å²) in [5.74, 6) is 0.0994. The van der Waals surface area contributed by atoms with E-state index in [1.807, 2.05) is 11.4 Å². The van der Waals surface area contributed by atoms with Crippen molar-refractivity contribution in [1.82, 2.24) is 5.32 Å². The number of rotatable bonds is 8. The van der Waals surface area contributed by atoms with Gasteiger partial charge in [0.25, 0.3) is 5.91 Å². The highest BCUT2D eigenvalue weighted by Gasteiger charge is 2.18. The van der Waals surface area contributed by atoms with Crippen molar-refractivity contribution in [3.05, 3.63) is 40.6 Å². The van der Waals surface area contributed by atoms with E-state index in [1.165, 1.54) is 18.4 Å². The molecule has 3 amide bonds. The molecule has 1 aromatic heterocycles. The molecule has 1 aromatic carbocycles. The van der Waals surface area contributed by atoms with Crippen molar-refractivity contribution < 1.29 is 23.9 Å². The molecule has 0 spiro atoms. The molecule has 0 aliphatic heterocycles. The summed E-state index contributed by atoms with van der Waals surface area (Å²) in [4.78, 5) is 36.7. The Morgan fingerprint density at radius 3 is 2.50 bits per heavy atom. The molecular formula is C21H27N3O5S. The molecule has 3 N–H and O–H groups in total. The zero-order chi connectivity index (χ0) is 22.1. The molecule has 9 heteroatoms. The second-order valence-electron chi connectivity index (χ2n) is 7.43. The molecule has 0 saturated carbocycles. The number of carbonyl (C=O) groups is 3. The Bertz CT molecular complexity index is 875. The third-order valence-corrected chi connectivity index (χ3v) is 4.60. The molecule has 162 valence electrons. The number of nitrogens with one attached hydrogen (secondary N) is 3. The maximum Gasteiger partial charge on any atom is 0.412 e. The lowest BCUT2D eigenvalue weighted by molar-refractivity contribution is -0.116. The number of carbonyl (C=O) groups excluding carboxylic acids is 3. The largest absolute Gasteiger partial charge is 0.495 e. The average Bonchev–Trinajstić information content (AvgIpc) is 3.18. The zero-order valence-electron chi connectivity index (χ0n) is 17.5. The molecule has 0 bridgehead atoms. The van der Waals surface area contributed by atoms with Crippen LogP contribution in [-0.4, -0.2) is 37.2 Å². The van der Waals surface area contributed by atoms with Crippen LogP contribution < -0.4 is 20.7 Å². The fourth-order valence-electron chi connectivity index (χ4n) is 2.47. The molecule has 2 rings (SSSR count). The van der Waals surface area contributed by atoms with Crippen LogP contribution in [0.5, 0.6) is 5.75 Å². The molecule has 0 aliphatic carbocycles. The van der Waals surface area contributed by atoms with Gasteiger partial charge in [0, 0.05) is 18.7 Å². The minimum absolute atomic E-state index is 0.140. The van der Waals surface area contributed by atoms with Crippen molar-refractivity contribution in [3.8, 4) is 5.75 Å². The molecule has 0 fully saturated rings. The Kier molecular flexibility index (Phi) is 8.23. The highest BCUT2D eigenvalue weighted by Crippen LogP contribution is 2.28. The van der Waals surface area contributed by atoms with Crippen molar-refractivity contribution in [2.45, 2.75) is 39.2 Å². The molecule has 0 atom stereocenters. The highest BCUT2D eigenvalue weighted by molar-refractivity contribution is 7.12. The molecular weight excluding hydrogens is 406 g/mol. The average molecular weight is 434 g/mol. The van der Waals surface area contributed by atoms with E-state index in [0.29, 0.717) is 35.0 Å². The molecule has 2 aromatic rings. The van der Waals surface area contributed by atoms with Gasteiger partial charge >= 0.3 is 6.09 Å². The fourth-order valence-corrected chi connectivity index (χ4v) is 3.11. The maximum atomic E-state index is 12.2. The Labute approximate surface area is 180 Å². The van der Waals surface area contributed by atoms with Crippen LogP contribution >= 0.6 is 11.3 Å². The van der Waals surface area contributed by atoms with Crippen molar-refractivity contribution in [3.63, 3.8) is 0 Å². The first kappa shape index (κ1) is 23.2. The first-order valence-corrected chi connectivity index (χ1v) is 10.4. The number of amides is 3. The van der Waals surface area contributed by atoms with Crippen molar-refractivity contribution in [2.75, 3.05) is 24.3 Å². The second-order valence-corrected chi connectivity index (χ2v) is 8.37. The number of ether oxygens (including phenoxy) is 2. The standard InChI is InChI=1S/C21H27N3O5S/c1-21(2,3)29-20(27)24-15-13-14(9-10-16(15)28-4)23-18(25)8-5-11-22-19(26)17-7-6-12-30-17/h6-7,9-10,12-13H,5,8,11H2,1-4H3,(H,22,26)(H,23,25)(H,24,27). The van der Waals surface area contributed by atoms with E-state index in [-0.39, 0.29) is 18.2 Å². The molecule has 0 saturated heterocycles. The van der Waals surface area contributed by atoms with Crippen LogP contribution in [0, 0.1) is 0 Å². The lowest BCUT2D eigenvalue weighted by atomic mass is 10.2. The van der Waals surface area contributed by atoms with Crippen molar-refractivity contribution in [1.29, 1.82) is 0 Å². The number of anilines is 2. The van der Waals surface area contributed by atoms with Crippen LogP contribution in [0.1, 0.15) is 43.3 Å². The summed E-state index contributed by atoms with van der Waals surface area (Å²) in [6.45, 7) is 5.70. The van der Waals surface area contributed by atoms with Gasteiger partial charge in [-0.2, -0.15) is 0 Å². The molecule has 8 nitrogen and oxygen atoms in total. The van der Waals surface area contributed by atoms with Gasteiger partial charge in [-0.05, 0) is 56.8 Å². The zero-order valence-corrected chi connectivity index (χ0v) is 18.4. The van der Waals surface area contributed by atoms with Crippen LogP contribution in [0.4, 0.5) is 16.2 Å². The van der Waals surface area contributed by atoms with Crippen LogP contribution in [0.25, 0.3) is 0 Å². The van der Waals surface area contributed by atoms with Gasteiger partial charge in [0.2, 0.25) is 5.91 Å². The van der Waals surface area contributed by atoms with Crippen molar-refractivity contribution in [2.24, 2.45) is 0 Å². The molecule has 0 unspecified atom stereocenters. The van der Waals surface area contributed by atoms with Crippen LogP contribution in [0.3, 0.4) is 0 Å². The molecule has 0 aliphatic rings. The molecule has 1 heterocycles. The Morgan fingerprint density at radius 2 is 1.87 bits per heavy atom. The van der Waals surface area contributed by atoms with E-state index in [9.17, 15) is 14.4 Å². The SMILES string of the molecule is COc1ccc(NC(=O)CCCNC(=O)c2cccs2)cc1NC(=O)OC(C)(C)C. The smallest absolute Gasteiger partial charge is 0.412 e. The third-order valence-electron chi connectivity index (χ3n) is 3.73. The quantitative estimate of drug-likeness (QED) is 0.540. The topological polar surface area (TPSA) is 106 Å². The fraction of sp³-hybridized carbons (Fsp3) is 0.381. The van der Waals surface area contributed by atoms with Gasteiger partial charge in [-0.3, -0.25) is 14.9 Å². The Hall–Kier alpha value is -3.07. The van der Waals surface area contributed by atoms with Gasteiger partial charge in [-0.1, -0.05) is 6.07 Å². The van der Waals surface area contributed by atoms with E-state index in [2.05, 4.69) is 16.0 Å². The number of methoxy groups -OCH3 is 1. The second kappa shape index (κ2) is 10.6.